The number of allylic oxidation sites excluding steroid dienone is 9. The Morgan fingerprint density at radius 3 is 1.50 bits per heavy atom. The van der Waals surface area contributed by atoms with Crippen LogP contribution in [0.4, 0.5) is 0 Å². The first kappa shape index (κ1) is 65.4. The topological polar surface area (TPSA) is 175 Å². The third-order valence-electron chi connectivity index (χ3n) is 13.1. The second kappa shape index (κ2) is 48.6. The van der Waals surface area contributed by atoms with Gasteiger partial charge in [0.15, 0.2) is 6.29 Å². The number of esters is 1. The molecule has 1 aliphatic rings. The number of hydrogen-bond acceptors (Lipinski definition) is 10. The number of unbranched alkanes of at least 4 members (excludes halogenated alkanes) is 26. The van der Waals surface area contributed by atoms with Crippen molar-refractivity contribution in [1.29, 1.82) is 0 Å². The summed E-state index contributed by atoms with van der Waals surface area (Å²) in [5.41, 5.74) is 0. The normalized spacial score (nSPS) is 19.7. The molecule has 70 heavy (non-hydrogen) atoms. The Balaban J connectivity index is 2.06. The van der Waals surface area contributed by atoms with Gasteiger partial charge in [0.1, 0.15) is 24.4 Å². The predicted octanol–water partition coefficient (Wildman–Crippen LogP) is 12.7. The number of rotatable bonds is 48. The fourth-order valence-electron chi connectivity index (χ4n) is 8.47. The molecule has 0 aliphatic carbocycles. The number of aliphatic hydroxyl groups is 5. The van der Waals surface area contributed by atoms with Gasteiger partial charge in [-0.25, -0.2) is 0 Å². The highest BCUT2D eigenvalue weighted by atomic mass is 16.7. The summed E-state index contributed by atoms with van der Waals surface area (Å²) in [5.74, 6) is -0.239. The molecule has 0 aromatic rings. The van der Waals surface area contributed by atoms with E-state index in [0.29, 0.717) is 19.4 Å². The molecule has 1 aliphatic heterocycles. The lowest BCUT2D eigenvalue weighted by Gasteiger charge is -2.40. The maximum absolute atomic E-state index is 13.0. The minimum absolute atomic E-state index is 0.0287. The van der Waals surface area contributed by atoms with Crippen molar-refractivity contribution in [3.63, 3.8) is 0 Å². The van der Waals surface area contributed by atoms with Gasteiger partial charge in [-0.3, -0.25) is 9.59 Å². The van der Waals surface area contributed by atoms with Crippen molar-refractivity contribution in [2.75, 3.05) is 19.8 Å². The van der Waals surface area contributed by atoms with Crippen molar-refractivity contribution in [1.82, 2.24) is 5.32 Å². The summed E-state index contributed by atoms with van der Waals surface area (Å²) in [6.07, 6.45) is 51.8. The Kier molecular flexibility index (Phi) is 45.4. The van der Waals surface area contributed by atoms with Crippen LogP contribution in [0.5, 0.6) is 0 Å². The van der Waals surface area contributed by atoms with Crippen molar-refractivity contribution in [2.24, 2.45) is 0 Å². The zero-order valence-electron chi connectivity index (χ0n) is 44.5. The van der Waals surface area contributed by atoms with Gasteiger partial charge in [0.25, 0.3) is 0 Å². The van der Waals surface area contributed by atoms with E-state index in [-0.39, 0.29) is 18.5 Å². The maximum atomic E-state index is 13.0. The molecule has 0 bridgehead atoms. The number of hydrogen-bond donors (Lipinski definition) is 6. The second-order valence-electron chi connectivity index (χ2n) is 19.6. The van der Waals surface area contributed by atoms with E-state index in [1.54, 1.807) is 6.08 Å². The van der Waals surface area contributed by atoms with Gasteiger partial charge in [0.05, 0.1) is 32.0 Å². The fraction of sp³-hybridized carbons (Fsp3) is 0.797. The standard InChI is InChI=1S/C59H105NO10/c1-3-5-7-9-11-13-14-15-20-24-27-31-35-39-43-47-55(64)68-48-44-40-36-32-28-25-22-19-17-16-18-21-23-26-30-34-38-42-46-54(63)60-51(52(62)45-41-37-33-29-12-10-8-6-4-2)50-69-59-58(67)57(66)56(65)53(49-61)70-59/h11-13,15,18,20-21,29,41,45,51-53,56-59,61-62,65-67H,3-10,14,16-17,19,22-28,30-40,42-44,46-50H2,1-2H3,(H,60,63)/b13-11-,20-15-,21-18-,29-12+,45-41+. The number of aliphatic hydroxyl groups excluding tert-OH is 5. The number of ether oxygens (including phenoxy) is 3. The Morgan fingerprint density at radius 2 is 0.971 bits per heavy atom. The Labute approximate surface area is 427 Å². The van der Waals surface area contributed by atoms with Gasteiger partial charge in [0.2, 0.25) is 5.91 Å². The number of carbonyl (C=O) groups excluding carboxylic acids is 2. The molecule has 1 fully saturated rings. The monoisotopic (exact) mass is 988 g/mol. The van der Waals surface area contributed by atoms with E-state index in [4.69, 9.17) is 14.2 Å². The largest absolute Gasteiger partial charge is 0.466 e. The molecule has 1 heterocycles. The van der Waals surface area contributed by atoms with Crippen LogP contribution in [0.25, 0.3) is 0 Å². The van der Waals surface area contributed by atoms with Crippen molar-refractivity contribution >= 4 is 11.9 Å². The Bertz CT molecular complexity index is 1350. The first-order chi connectivity index (χ1) is 34.2. The van der Waals surface area contributed by atoms with Crippen LogP contribution in [-0.4, -0.2) is 100 Å². The molecule has 1 amide bonds. The lowest BCUT2D eigenvalue weighted by atomic mass is 9.99. The highest BCUT2D eigenvalue weighted by Gasteiger charge is 2.44. The molecule has 1 rings (SSSR count). The van der Waals surface area contributed by atoms with Crippen LogP contribution in [0.15, 0.2) is 60.8 Å². The molecule has 11 nitrogen and oxygen atoms in total. The minimum Gasteiger partial charge on any atom is -0.466 e. The molecule has 406 valence electrons. The highest BCUT2D eigenvalue weighted by Crippen LogP contribution is 2.23. The zero-order valence-corrected chi connectivity index (χ0v) is 44.5. The molecule has 0 aromatic carbocycles. The Hall–Kier alpha value is -2.64. The van der Waals surface area contributed by atoms with E-state index in [1.807, 2.05) is 6.08 Å². The average molecular weight is 988 g/mol. The van der Waals surface area contributed by atoms with Crippen molar-refractivity contribution in [3.8, 4) is 0 Å². The summed E-state index contributed by atoms with van der Waals surface area (Å²) in [4.78, 5) is 25.0. The van der Waals surface area contributed by atoms with E-state index in [9.17, 15) is 35.1 Å². The molecule has 0 radical (unpaired) electrons. The number of nitrogens with one attached hydrogen (secondary N) is 1. The van der Waals surface area contributed by atoms with Gasteiger partial charge in [-0.2, -0.15) is 0 Å². The Morgan fingerprint density at radius 1 is 0.529 bits per heavy atom. The predicted molar refractivity (Wildman–Crippen MR) is 287 cm³/mol. The molecule has 7 atom stereocenters. The summed E-state index contributed by atoms with van der Waals surface area (Å²) in [6, 6.07) is -0.838. The molecule has 1 saturated heterocycles. The van der Waals surface area contributed by atoms with Crippen LogP contribution >= 0.6 is 0 Å². The van der Waals surface area contributed by atoms with E-state index in [1.165, 1.54) is 109 Å². The second-order valence-corrected chi connectivity index (χ2v) is 19.6. The van der Waals surface area contributed by atoms with Gasteiger partial charge in [-0.05, 0) is 103 Å². The maximum Gasteiger partial charge on any atom is 0.305 e. The van der Waals surface area contributed by atoms with Crippen molar-refractivity contribution in [2.45, 2.75) is 281 Å². The van der Waals surface area contributed by atoms with Gasteiger partial charge < -0.3 is 45.1 Å². The van der Waals surface area contributed by atoms with Crippen LogP contribution in [-0.2, 0) is 23.8 Å². The summed E-state index contributed by atoms with van der Waals surface area (Å²) in [7, 11) is 0. The third kappa shape index (κ3) is 38.0. The molecule has 0 spiro atoms. The zero-order chi connectivity index (χ0) is 51.0. The third-order valence-corrected chi connectivity index (χ3v) is 13.1. The van der Waals surface area contributed by atoms with Crippen LogP contribution < -0.4 is 5.32 Å². The molecule has 7 unspecified atom stereocenters. The molecule has 0 saturated carbocycles. The molecular weight excluding hydrogens is 883 g/mol. The molecule has 11 heteroatoms. The summed E-state index contributed by atoms with van der Waals surface area (Å²) in [6.45, 7) is 4.20. The van der Waals surface area contributed by atoms with Crippen LogP contribution in [0.3, 0.4) is 0 Å². The van der Waals surface area contributed by atoms with Gasteiger partial charge in [-0.1, -0.05) is 184 Å². The van der Waals surface area contributed by atoms with E-state index < -0.39 is 49.5 Å². The quantitative estimate of drug-likeness (QED) is 0.0196. The number of amides is 1. The lowest BCUT2D eigenvalue weighted by Crippen LogP contribution is -2.60. The van der Waals surface area contributed by atoms with E-state index in [0.717, 1.165) is 103 Å². The number of carbonyl (C=O) groups is 2. The summed E-state index contributed by atoms with van der Waals surface area (Å²) < 4.78 is 16.6. The van der Waals surface area contributed by atoms with Crippen LogP contribution in [0, 0.1) is 0 Å². The lowest BCUT2D eigenvalue weighted by molar-refractivity contribution is -0.302. The van der Waals surface area contributed by atoms with Gasteiger partial charge in [-0.15, -0.1) is 0 Å². The van der Waals surface area contributed by atoms with Crippen molar-refractivity contribution in [3.05, 3.63) is 60.8 Å². The fourth-order valence-corrected chi connectivity index (χ4v) is 8.47. The minimum atomic E-state index is -1.58. The average Bonchev–Trinajstić information content (AvgIpc) is 3.36. The SMILES string of the molecule is CCCCC/C=C\C/C=C\CCCCCCCC(=O)OCCCCCCCCCCC/C=C\CCCCCCCC(=O)NC(COC1OC(CO)C(O)C(O)C1O)C(O)/C=C/CC/C=C/CCCCC. The highest BCUT2D eigenvalue weighted by molar-refractivity contribution is 5.76. The van der Waals surface area contributed by atoms with Gasteiger partial charge >= 0.3 is 5.97 Å². The van der Waals surface area contributed by atoms with E-state index >= 15 is 0 Å². The van der Waals surface area contributed by atoms with Crippen LogP contribution in [0.2, 0.25) is 0 Å². The van der Waals surface area contributed by atoms with Crippen LogP contribution in [0.1, 0.15) is 239 Å². The molecule has 6 N–H and O–H groups in total. The summed E-state index contributed by atoms with van der Waals surface area (Å²) >= 11 is 0. The smallest absolute Gasteiger partial charge is 0.305 e. The van der Waals surface area contributed by atoms with Gasteiger partial charge in [0, 0.05) is 12.8 Å². The van der Waals surface area contributed by atoms with E-state index in [2.05, 4.69) is 67.8 Å². The molecule has 0 aromatic heterocycles. The first-order valence-electron chi connectivity index (χ1n) is 28.6. The van der Waals surface area contributed by atoms with Crippen molar-refractivity contribution < 1.29 is 49.3 Å². The summed E-state index contributed by atoms with van der Waals surface area (Å²) in [5, 5.41) is 54.1. The first-order valence-corrected chi connectivity index (χ1v) is 28.6. The molecular formula is C59H105NO10.